The molecule has 0 atom stereocenters. The van der Waals surface area contributed by atoms with Gasteiger partial charge in [-0.25, -0.2) is 0 Å². The molecule has 0 aliphatic rings. The fourth-order valence-corrected chi connectivity index (χ4v) is 1.58. The van der Waals surface area contributed by atoms with E-state index in [9.17, 15) is 9.59 Å². The van der Waals surface area contributed by atoms with Crippen LogP contribution in [0.2, 0.25) is 0 Å². The van der Waals surface area contributed by atoms with Crippen molar-refractivity contribution in [1.29, 1.82) is 0 Å². The second-order valence-corrected chi connectivity index (χ2v) is 5.44. The molecule has 4 N–H and O–H groups in total. The smallest absolute Gasteiger partial charge is 0.252 e. The number of carbonyl (C=O) groups is 2. The monoisotopic (exact) mass is 288 g/mol. The van der Waals surface area contributed by atoms with E-state index >= 15 is 0 Å². The molecule has 0 aliphatic heterocycles. The number of amides is 2. The van der Waals surface area contributed by atoms with Crippen molar-refractivity contribution in [2.75, 3.05) is 13.2 Å². The van der Waals surface area contributed by atoms with Gasteiger partial charge in [0.15, 0.2) is 0 Å². The molecule has 1 aromatic rings. The molecule has 0 spiro atoms. The SMILES string of the molecule is Cc1ccc(C(=O)NCC(C)(C)C(N)=O)c(C#CCO)c1. The Morgan fingerprint density at radius 2 is 2.05 bits per heavy atom. The number of carbonyl (C=O) groups excluding carboxylic acids is 2. The summed E-state index contributed by atoms with van der Waals surface area (Å²) in [6.07, 6.45) is 0. The minimum atomic E-state index is -0.822. The third-order valence-electron chi connectivity index (χ3n) is 3.08. The fraction of sp³-hybridized carbons (Fsp3) is 0.375. The Hall–Kier alpha value is -2.32. The number of nitrogens with two attached hydrogens (primary N) is 1. The highest BCUT2D eigenvalue weighted by molar-refractivity contribution is 5.97. The summed E-state index contributed by atoms with van der Waals surface area (Å²) in [6.45, 7) is 5.09. The highest BCUT2D eigenvalue weighted by Crippen LogP contribution is 2.14. The fourth-order valence-electron chi connectivity index (χ4n) is 1.58. The maximum Gasteiger partial charge on any atom is 0.252 e. The number of aryl methyl sites for hydroxylation is 1. The summed E-state index contributed by atoms with van der Waals surface area (Å²) >= 11 is 0. The van der Waals surface area contributed by atoms with Gasteiger partial charge in [-0.05, 0) is 38.5 Å². The lowest BCUT2D eigenvalue weighted by Gasteiger charge is -2.21. The van der Waals surface area contributed by atoms with Crippen molar-refractivity contribution < 1.29 is 14.7 Å². The molecular formula is C16H20N2O3. The van der Waals surface area contributed by atoms with Crippen LogP contribution in [0, 0.1) is 24.2 Å². The number of hydrogen-bond donors (Lipinski definition) is 3. The van der Waals surface area contributed by atoms with Gasteiger partial charge < -0.3 is 16.2 Å². The Bertz CT molecular complexity index is 610. The number of aliphatic hydroxyl groups is 1. The average Bonchev–Trinajstić information content (AvgIpc) is 2.42. The van der Waals surface area contributed by atoms with Crippen LogP contribution in [0.5, 0.6) is 0 Å². The van der Waals surface area contributed by atoms with E-state index < -0.39 is 11.3 Å². The predicted molar refractivity (Wildman–Crippen MR) is 80.5 cm³/mol. The Kier molecular flexibility index (Phi) is 5.51. The average molecular weight is 288 g/mol. The Balaban J connectivity index is 2.95. The lowest BCUT2D eigenvalue weighted by molar-refractivity contribution is -0.125. The standard InChI is InChI=1S/C16H20N2O3/c1-11-6-7-13(12(9-11)5-4-8-19)14(20)18-10-16(2,3)15(17)21/h6-7,9,19H,8,10H2,1-3H3,(H2,17,21)(H,18,20). The van der Waals surface area contributed by atoms with Crippen LogP contribution in [0.3, 0.4) is 0 Å². The van der Waals surface area contributed by atoms with Gasteiger partial charge in [0.05, 0.1) is 11.0 Å². The second kappa shape index (κ2) is 6.91. The summed E-state index contributed by atoms with van der Waals surface area (Å²) in [5, 5.41) is 11.5. The largest absolute Gasteiger partial charge is 0.384 e. The van der Waals surface area contributed by atoms with Crippen molar-refractivity contribution in [3.63, 3.8) is 0 Å². The normalized spacial score (nSPS) is 10.5. The van der Waals surface area contributed by atoms with Crippen LogP contribution >= 0.6 is 0 Å². The molecule has 1 aromatic carbocycles. The summed E-state index contributed by atoms with van der Waals surface area (Å²) in [5.74, 6) is 4.47. The molecule has 0 saturated heterocycles. The van der Waals surface area contributed by atoms with Crippen molar-refractivity contribution in [2.45, 2.75) is 20.8 Å². The van der Waals surface area contributed by atoms with Gasteiger partial charge in [0.25, 0.3) is 5.91 Å². The molecule has 0 unspecified atom stereocenters. The Morgan fingerprint density at radius 3 is 2.62 bits per heavy atom. The van der Waals surface area contributed by atoms with E-state index in [1.807, 2.05) is 6.92 Å². The minimum absolute atomic E-state index is 0.141. The maximum atomic E-state index is 12.2. The van der Waals surface area contributed by atoms with E-state index in [1.165, 1.54) is 0 Å². The predicted octanol–water partition coefficient (Wildman–Crippen LogP) is 0.580. The van der Waals surface area contributed by atoms with E-state index in [2.05, 4.69) is 17.2 Å². The first-order valence-electron chi connectivity index (χ1n) is 6.56. The minimum Gasteiger partial charge on any atom is -0.384 e. The third-order valence-corrected chi connectivity index (χ3v) is 3.08. The number of benzene rings is 1. The lowest BCUT2D eigenvalue weighted by atomic mass is 9.92. The number of aliphatic hydroxyl groups excluding tert-OH is 1. The van der Waals surface area contributed by atoms with Gasteiger partial charge in [0, 0.05) is 12.1 Å². The first-order valence-corrected chi connectivity index (χ1v) is 6.56. The zero-order valence-corrected chi connectivity index (χ0v) is 12.5. The maximum absolute atomic E-state index is 12.2. The van der Waals surface area contributed by atoms with Crippen LogP contribution in [0.4, 0.5) is 0 Å². The third kappa shape index (κ3) is 4.62. The molecule has 112 valence electrons. The Labute approximate surface area is 124 Å². The summed E-state index contributed by atoms with van der Waals surface area (Å²) < 4.78 is 0. The summed E-state index contributed by atoms with van der Waals surface area (Å²) in [6, 6.07) is 5.25. The molecule has 2 amide bonds. The quantitative estimate of drug-likeness (QED) is 0.708. The molecule has 0 radical (unpaired) electrons. The van der Waals surface area contributed by atoms with Gasteiger partial charge in [-0.15, -0.1) is 0 Å². The number of primary amides is 1. The zero-order chi connectivity index (χ0) is 16.0. The van der Waals surface area contributed by atoms with Crippen LogP contribution in [0.1, 0.15) is 35.3 Å². The van der Waals surface area contributed by atoms with Gasteiger partial charge in [-0.3, -0.25) is 9.59 Å². The van der Waals surface area contributed by atoms with Crippen molar-refractivity contribution in [2.24, 2.45) is 11.1 Å². The first kappa shape index (κ1) is 16.7. The number of nitrogens with one attached hydrogen (secondary N) is 1. The van der Waals surface area contributed by atoms with Crippen LogP contribution in [0.15, 0.2) is 18.2 Å². The van der Waals surface area contributed by atoms with E-state index in [4.69, 9.17) is 10.8 Å². The van der Waals surface area contributed by atoms with Gasteiger partial charge in [-0.2, -0.15) is 0 Å². The van der Waals surface area contributed by atoms with Crippen LogP contribution < -0.4 is 11.1 Å². The Morgan fingerprint density at radius 1 is 1.38 bits per heavy atom. The van der Waals surface area contributed by atoms with Gasteiger partial charge in [0.1, 0.15) is 6.61 Å². The van der Waals surface area contributed by atoms with Crippen molar-refractivity contribution in [3.05, 3.63) is 34.9 Å². The van der Waals surface area contributed by atoms with Crippen molar-refractivity contribution >= 4 is 11.8 Å². The van der Waals surface area contributed by atoms with Crippen LogP contribution in [0.25, 0.3) is 0 Å². The lowest BCUT2D eigenvalue weighted by Crippen LogP contribution is -2.42. The summed E-state index contributed by atoms with van der Waals surface area (Å²) in [7, 11) is 0. The zero-order valence-electron chi connectivity index (χ0n) is 12.5. The highest BCUT2D eigenvalue weighted by Gasteiger charge is 2.25. The van der Waals surface area contributed by atoms with Gasteiger partial charge in [-0.1, -0.05) is 17.9 Å². The van der Waals surface area contributed by atoms with Crippen molar-refractivity contribution in [1.82, 2.24) is 5.32 Å². The van der Waals surface area contributed by atoms with Gasteiger partial charge >= 0.3 is 0 Å². The highest BCUT2D eigenvalue weighted by atomic mass is 16.2. The number of rotatable bonds is 4. The van der Waals surface area contributed by atoms with Crippen molar-refractivity contribution in [3.8, 4) is 11.8 Å². The molecule has 0 fully saturated rings. The number of hydrogen-bond acceptors (Lipinski definition) is 3. The molecule has 0 saturated carbocycles. The molecule has 21 heavy (non-hydrogen) atoms. The van der Waals surface area contributed by atoms with Gasteiger partial charge in [0.2, 0.25) is 5.91 Å². The van der Waals surface area contributed by atoms with E-state index in [0.29, 0.717) is 11.1 Å². The molecule has 0 aliphatic carbocycles. The molecule has 0 heterocycles. The van der Waals surface area contributed by atoms with Crippen LogP contribution in [-0.2, 0) is 4.79 Å². The van der Waals surface area contributed by atoms with E-state index in [-0.39, 0.29) is 19.1 Å². The molecule has 0 bridgehead atoms. The molecule has 5 nitrogen and oxygen atoms in total. The van der Waals surface area contributed by atoms with E-state index in [0.717, 1.165) is 5.56 Å². The second-order valence-electron chi connectivity index (χ2n) is 5.44. The first-order chi connectivity index (χ1) is 9.77. The van der Waals surface area contributed by atoms with Crippen LogP contribution in [-0.4, -0.2) is 30.1 Å². The molecule has 5 heteroatoms. The summed E-state index contributed by atoms with van der Waals surface area (Å²) in [5.41, 5.74) is 6.36. The summed E-state index contributed by atoms with van der Waals surface area (Å²) in [4.78, 5) is 23.5. The van der Waals surface area contributed by atoms with E-state index in [1.54, 1.807) is 32.0 Å². The topological polar surface area (TPSA) is 92.4 Å². The molecule has 1 rings (SSSR count). The molecule has 0 aromatic heterocycles. The molecular weight excluding hydrogens is 268 g/mol.